The Morgan fingerprint density at radius 1 is 1.00 bits per heavy atom. The minimum atomic E-state index is -0.208. The highest BCUT2D eigenvalue weighted by molar-refractivity contribution is 6.04. The fourth-order valence-corrected chi connectivity index (χ4v) is 4.03. The van der Waals surface area contributed by atoms with Crippen LogP contribution in [-0.2, 0) is 14.4 Å². The van der Waals surface area contributed by atoms with Gasteiger partial charge in [0.15, 0.2) is 0 Å². The van der Waals surface area contributed by atoms with Gasteiger partial charge in [-0.15, -0.1) is 24.7 Å². The average Bonchev–Trinajstić information content (AvgIpc) is 3.05. The van der Waals surface area contributed by atoms with Crippen LogP contribution in [-0.4, -0.2) is 35.2 Å². The summed E-state index contributed by atoms with van der Waals surface area (Å²) in [6, 6.07) is -0.172. The van der Waals surface area contributed by atoms with E-state index in [2.05, 4.69) is 17.2 Å². The number of imide groups is 1. The number of rotatable bonds is 15. The summed E-state index contributed by atoms with van der Waals surface area (Å²) >= 11 is 0. The van der Waals surface area contributed by atoms with E-state index in [1.165, 1.54) is 4.90 Å². The van der Waals surface area contributed by atoms with Crippen molar-refractivity contribution in [3.8, 4) is 24.7 Å². The molecule has 1 rings (SSSR count). The molecule has 1 N–H and O–H groups in total. The van der Waals surface area contributed by atoms with Crippen LogP contribution in [0.3, 0.4) is 0 Å². The Hall–Kier alpha value is -2.53. The Kier molecular flexibility index (Phi) is 13.2. The molecule has 0 aromatic rings. The van der Waals surface area contributed by atoms with Crippen LogP contribution in [0.5, 0.6) is 0 Å². The molecule has 32 heavy (non-hydrogen) atoms. The molecule has 0 fully saturated rings. The van der Waals surface area contributed by atoms with Gasteiger partial charge in [-0.05, 0) is 57.4 Å². The molecule has 1 aliphatic rings. The minimum absolute atomic E-state index is 0.0133. The molecule has 0 aromatic heterocycles. The zero-order valence-electron chi connectivity index (χ0n) is 20.1. The molecule has 0 saturated carbocycles. The zero-order chi connectivity index (χ0) is 23.9. The van der Waals surface area contributed by atoms with Crippen molar-refractivity contribution < 1.29 is 14.4 Å². The molecule has 1 aliphatic heterocycles. The lowest BCUT2D eigenvalue weighted by Gasteiger charge is -2.27. The second-order valence-corrected chi connectivity index (χ2v) is 8.94. The summed E-state index contributed by atoms with van der Waals surface area (Å²) in [5.41, 5.74) is 0.938. The van der Waals surface area contributed by atoms with Crippen molar-refractivity contribution in [2.24, 2.45) is 11.8 Å². The highest BCUT2D eigenvalue weighted by Gasteiger charge is 2.36. The van der Waals surface area contributed by atoms with Gasteiger partial charge in [-0.25, -0.2) is 0 Å². The van der Waals surface area contributed by atoms with E-state index in [1.54, 1.807) is 6.08 Å². The largest absolute Gasteiger partial charge is 0.356 e. The third-order valence-corrected chi connectivity index (χ3v) is 6.15. The van der Waals surface area contributed by atoms with E-state index in [-0.39, 0.29) is 35.6 Å². The fraction of sp³-hybridized carbons (Fsp3) is 0.667. The summed E-state index contributed by atoms with van der Waals surface area (Å²) in [4.78, 5) is 39.0. The predicted octanol–water partition coefficient (Wildman–Crippen LogP) is 4.62. The molecule has 0 saturated heterocycles. The van der Waals surface area contributed by atoms with E-state index < -0.39 is 0 Å². The smallest absolute Gasteiger partial charge is 0.253 e. The van der Waals surface area contributed by atoms with Gasteiger partial charge in [0, 0.05) is 37.3 Å². The van der Waals surface area contributed by atoms with Crippen molar-refractivity contribution >= 4 is 17.7 Å². The molecule has 0 unspecified atom stereocenters. The predicted molar refractivity (Wildman–Crippen MR) is 129 cm³/mol. The number of carbonyl (C=O) groups excluding carboxylic acids is 3. The van der Waals surface area contributed by atoms with Crippen LogP contribution in [0.25, 0.3) is 0 Å². The van der Waals surface area contributed by atoms with E-state index in [9.17, 15) is 14.4 Å². The molecule has 5 heteroatoms. The van der Waals surface area contributed by atoms with E-state index in [0.29, 0.717) is 13.0 Å². The Labute approximate surface area is 194 Å². The van der Waals surface area contributed by atoms with Gasteiger partial charge in [0.05, 0.1) is 6.04 Å². The molecule has 0 radical (unpaired) electrons. The van der Waals surface area contributed by atoms with E-state index in [1.807, 2.05) is 20.8 Å². The SMILES string of the molecule is C#CCCCC[C@@H](C)C(=O)NCCCC[C@@H]1C(C)=CC(=O)N1C(=O)[C@H](C)CCCCC#C. The standard InChI is InChI=1S/C27H40N2O3/c1-6-8-10-12-16-21(3)26(31)28-19-15-14-18-24-23(5)20-25(30)29(24)27(32)22(4)17-13-11-9-7-2/h1-2,20-22,24H,8-19H2,3-5H3,(H,28,31)/t21-,22-,24-/m1/s1. The number of amides is 3. The van der Waals surface area contributed by atoms with E-state index in [4.69, 9.17) is 12.8 Å². The fourth-order valence-electron chi connectivity index (χ4n) is 4.03. The molecule has 0 bridgehead atoms. The van der Waals surface area contributed by atoms with Crippen LogP contribution in [0.15, 0.2) is 11.6 Å². The Balaban J connectivity index is 2.40. The van der Waals surface area contributed by atoms with Gasteiger partial charge in [0.1, 0.15) is 0 Å². The van der Waals surface area contributed by atoms with Crippen LogP contribution in [0.2, 0.25) is 0 Å². The zero-order valence-corrected chi connectivity index (χ0v) is 20.1. The molecule has 176 valence electrons. The van der Waals surface area contributed by atoms with Crippen LogP contribution < -0.4 is 5.32 Å². The van der Waals surface area contributed by atoms with Gasteiger partial charge >= 0.3 is 0 Å². The van der Waals surface area contributed by atoms with Crippen molar-refractivity contribution in [2.75, 3.05) is 6.54 Å². The molecule has 1 heterocycles. The molecule has 3 amide bonds. The molecule has 0 spiro atoms. The lowest BCUT2D eigenvalue weighted by atomic mass is 9.98. The van der Waals surface area contributed by atoms with Gasteiger partial charge < -0.3 is 5.32 Å². The molecule has 0 aromatic carbocycles. The summed E-state index contributed by atoms with van der Waals surface area (Å²) in [7, 11) is 0. The first-order valence-corrected chi connectivity index (χ1v) is 12.0. The normalized spacial score (nSPS) is 17.3. The quantitative estimate of drug-likeness (QED) is 0.299. The van der Waals surface area contributed by atoms with E-state index >= 15 is 0 Å². The van der Waals surface area contributed by atoms with Crippen molar-refractivity contribution in [3.63, 3.8) is 0 Å². The molecule has 5 nitrogen and oxygen atoms in total. The van der Waals surface area contributed by atoms with Gasteiger partial charge in [-0.3, -0.25) is 19.3 Å². The summed E-state index contributed by atoms with van der Waals surface area (Å²) in [5, 5.41) is 3.00. The second kappa shape index (κ2) is 15.3. The third-order valence-electron chi connectivity index (χ3n) is 6.15. The Morgan fingerprint density at radius 3 is 2.19 bits per heavy atom. The number of hydrogen-bond acceptors (Lipinski definition) is 3. The number of terminal acetylenes is 2. The van der Waals surface area contributed by atoms with Gasteiger partial charge in [0.25, 0.3) is 5.91 Å². The monoisotopic (exact) mass is 440 g/mol. The highest BCUT2D eigenvalue weighted by Crippen LogP contribution is 2.27. The summed E-state index contributed by atoms with van der Waals surface area (Å²) < 4.78 is 0. The highest BCUT2D eigenvalue weighted by atomic mass is 16.2. The number of nitrogens with zero attached hydrogens (tertiary/aromatic N) is 1. The van der Waals surface area contributed by atoms with E-state index in [0.717, 1.165) is 69.8 Å². The topological polar surface area (TPSA) is 66.5 Å². The summed E-state index contributed by atoms with van der Waals surface area (Å²) in [5.74, 6) is 4.80. The van der Waals surface area contributed by atoms with Crippen molar-refractivity contribution in [1.82, 2.24) is 10.2 Å². The van der Waals surface area contributed by atoms with Gasteiger partial charge in [-0.1, -0.05) is 26.7 Å². The number of nitrogens with one attached hydrogen (secondary N) is 1. The average molecular weight is 441 g/mol. The molecule has 3 atom stereocenters. The lowest BCUT2D eigenvalue weighted by molar-refractivity contribution is -0.145. The second-order valence-electron chi connectivity index (χ2n) is 8.94. The number of unbranched alkanes of at least 4 members (excludes halogenated alkanes) is 5. The van der Waals surface area contributed by atoms with Gasteiger partial charge in [-0.2, -0.15) is 0 Å². The first-order chi connectivity index (χ1) is 15.3. The minimum Gasteiger partial charge on any atom is -0.356 e. The van der Waals surface area contributed by atoms with Crippen LogP contribution >= 0.6 is 0 Å². The van der Waals surface area contributed by atoms with Crippen molar-refractivity contribution in [2.45, 2.75) is 97.4 Å². The Morgan fingerprint density at radius 2 is 1.59 bits per heavy atom. The Bertz CT molecular complexity index is 741. The van der Waals surface area contributed by atoms with Crippen LogP contribution in [0.4, 0.5) is 0 Å². The summed E-state index contributed by atoms with van der Waals surface area (Å²) in [6.45, 7) is 6.35. The maximum atomic E-state index is 12.9. The lowest BCUT2D eigenvalue weighted by Crippen LogP contribution is -2.43. The van der Waals surface area contributed by atoms with Gasteiger partial charge in [0.2, 0.25) is 11.8 Å². The molecular weight excluding hydrogens is 400 g/mol. The maximum absolute atomic E-state index is 12.9. The molecule has 0 aliphatic carbocycles. The summed E-state index contributed by atoms with van der Waals surface area (Å²) in [6.07, 6.45) is 21.3. The maximum Gasteiger partial charge on any atom is 0.253 e. The van der Waals surface area contributed by atoms with Crippen molar-refractivity contribution in [1.29, 1.82) is 0 Å². The molecular formula is C27H40N2O3. The number of carbonyl (C=O) groups is 3. The first-order valence-electron chi connectivity index (χ1n) is 12.0. The van der Waals surface area contributed by atoms with Crippen LogP contribution in [0.1, 0.15) is 91.4 Å². The third kappa shape index (κ3) is 9.31. The first kappa shape index (κ1) is 27.5. The number of hydrogen-bond donors (Lipinski definition) is 1. The van der Waals surface area contributed by atoms with Crippen LogP contribution in [0, 0.1) is 36.5 Å². The van der Waals surface area contributed by atoms with Crippen molar-refractivity contribution in [3.05, 3.63) is 11.6 Å².